The molecule has 3 nitrogen and oxygen atoms in total. The van der Waals surface area contributed by atoms with E-state index in [0.29, 0.717) is 17.5 Å². The molecule has 0 saturated heterocycles. The fourth-order valence-electron chi connectivity index (χ4n) is 7.61. The minimum absolute atomic E-state index is 0.633. The van der Waals surface area contributed by atoms with Crippen LogP contribution in [0.25, 0.3) is 99.9 Å². The molecule has 0 fully saturated rings. The normalized spacial score (nSPS) is 11.3. The first-order valence-corrected chi connectivity index (χ1v) is 18.3. The average molecular weight is 688 g/mol. The summed E-state index contributed by atoms with van der Waals surface area (Å²) in [5.41, 5.74) is 9.77. The molecule has 0 spiro atoms. The lowest BCUT2D eigenvalue weighted by atomic mass is 9.93. The van der Waals surface area contributed by atoms with Crippen LogP contribution >= 0.6 is 0 Å². The van der Waals surface area contributed by atoms with Crippen LogP contribution in [0.4, 0.5) is 0 Å². The SMILES string of the molecule is c1ccc(-c2nc(-c3cccc(-c4ccc5cc(-c6cccc7ccccc67)ccc5c4)c3)nc(-c3c(-c4ccccc4)ccc4ccccc34)n2)cc1. The molecule has 0 aliphatic heterocycles. The van der Waals surface area contributed by atoms with E-state index in [1.165, 1.54) is 32.7 Å². The van der Waals surface area contributed by atoms with Gasteiger partial charge in [0.15, 0.2) is 17.5 Å². The Labute approximate surface area is 313 Å². The average Bonchev–Trinajstić information content (AvgIpc) is 3.26. The lowest BCUT2D eigenvalue weighted by Crippen LogP contribution is -2.02. The molecular weight excluding hydrogens is 655 g/mol. The molecular formula is C51H33N3. The Morgan fingerprint density at radius 1 is 0.241 bits per heavy atom. The van der Waals surface area contributed by atoms with Gasteiger partial charge in [0, 0.05) is 16.7 Å². The highest BCUT2D eigenvalue weighted by Crippen LogP contribution is 2.39. The van der Waals surface area contributed by atoms with Crippen LogP contribution in [-0.4, -0.2) is 15.0 Å². The Morgan fingerprint density at radius 3 is 1.52 bits per heavy atom. The van der Waals surface area contributed by atoms with Gasteiger partial charge in [-0.25, -0.2) is 15.0 Å². The second kappa shape index (κ2) is 13.4. The zero-order valence-corrected chi connectivity index (χ0v) is 29.4. The smallest absolute Gasteiger partial charge is 0.165 e. The van der Waals surface area contributed by atoms with E-state index in [1.54, 1.807) is 0 Å². The van der Waals surface area contributed by atoms with E-state index in [2.05, 4.69) is 176 Å². The summed E-state index contributed by atoms with van der Waals surface area (Å²) in [5.74, 6) is 1.92. The van der Waals surface area contributed by atoms with Crippen molar-refractivity contribution in [3.63, 3.8) is 0 Å². The van der Waals surface area contributed by atoms with Crippen molar-refractivity contribution in [3.8, 4) is 67.5 Å². The van der Waals surface area contributed by atoms with Gasteiger partial charge in [-0.2, -0.15) is 0 Å². The van der Waals surface area contributed by atoms with Crippen molar-refractivity contribution < 1.29 is 0 Å². The molecule has 0 saturated carbocycles. The highest BCUT2D eigenvalue weighted by molar-refractivity contribution is 6.03. The van der Waals surface area contributed by atoms with Gasteiger partial charge in [-0.05, 0) is 83.9 Å². The monoisotopic (exact) mass is 687 g/mol. The first-order valence-electron chi connectivity index (χ1n) is 18.3. The number of nitrogens with zero attached hydrogens (tertiary/aromatic N) is 3. The number of hydrogen-bond acceptors (Lipinski definition) is 3. The molecule has 0 N–H and O–H groups in total. The minimum Gasteiger partial charge on any atom is -0.208 e. The van der Waals surface area contributed by atoms with Crippen molar-refractivity contribution in [3.05, 3.63) is 200 Å². The summed E-state index contributed by atoms with van der Waals surface area (Å²) in [6.07, 6.45) is 0. The quantitative estimate of drug-likeness (QED) is 0.175. The van der Waals surface area contributed by atoms with E-state index in [4.69, 9.17) is 15.0 Å². The molecule has 0 bridgehead atoms. The molecule has 0 radical (unpaired) electrons. The molecule has 3 heteroatoms. The molecule has 10 aromatic rings. The fourth-order valence-corrected chi connectivity index (χ4v) is 7.61. The molecule has 252 valence electrons. The summed E-state index contributed by atoms with van der Waals surface area (Å²) < 4.78 is 0. The number of hydrogen-bond donors (Lipinski definition) is 0. The van der Waals surface area contributed by atoms with Gasteiger partial charge < -0.3 is 0 Å². The first-order chi connectivity index (χ1) is 26.7. The Balaban J connectivity index is 1.09. The Morgan fingerprint density at radius 2 is 0.741 bits per heavy atom. The lowest BCUT2D eigenvalue weighted by molar-refractivity contribution is 1.08. The zero-order chi connectivity index (χ0) is 35.8. The van der Waals surface area contributed by atoms with E-state index < -0.39 is 0 Å². The van der Waals surface area contributed by atoms with Gasteiger partial charge >= 0.3 is 0 Å². The molecule has 1 heterocycles. The largest absolute Gasteiger partial charge is 0.208 e. The van der Waals surface area contributed by atoms with Gasteiger partial charge in [-0.15, -0.1) is 0 Å². The maximum absolute atomic E-state index is 5.26. The molecule has 0 aliphatic carbocycles. The fraction of sp³-hybridized carbons (Fsp3) is 0. The number of fused-ring (bicyclic) bond motifs is 3. The summed E-state index contributed by atoms with van der Waals surface area (Å²) in [4.78, 5) is 15.5. The Bertz CT molecular complexity index is 2980. The van der Waals surface area contributed by atoms with Gasteiger partial charge in [0.25, 0.3) is 0 Å². The summed E-state index contributed by atoms with van der Waals surface area (Å²) in [5, 5.41) is 7.16. The zero-order valence-electron chi connectivity index (χ0n) is 29.4. The van der Waals surface area contributed by atoms with Crippen molar-refractivity contribution in [1.29, 1.82) is 0 Å². The number of benzene rings is 9. The van der Waals surface area contributed by atoms with Gasteiger partial charge in [0.05, 0.1) is 0 Å². The summed E-state index contributed by atoms with van der Waals surface area (Å²) >= 11 is 0. The lowest BCUT2D eigenvalue weighted by Gasteiger charge is -2.15. The van der Waals surface area contributed by atoms with Crippen LogP contribution in [0.5, 0.6) is 0 Å². The number of rotatable bonds is 6. The van der Waals surface area contributed by atoms with E-state index in [9.17, 15) is 0 Å². The molecule has 0 aliphatic rings. The molecule has 54 heavy (non-hydrogen) atoms. The third kappa shape index (κ3) is 5.78. The van der Waals surface area contributed by atoms with E-state index in [-0.39, 0.29) is 0 Å². The highest BCUT2D eigenvalue weighted by atomic mass is 15.0. The summed E-state index contributed by atoms with van der Waals surface area (Å²) in [6.45, 7) is 0. The van der Waals surface area contributed by atoms with Gasteiger partial charge in [-0.3, -0.25) is 0 Å². The molecule has 0 unspecified atom stereocenters. The van der Waals surface area contributed by atoms with Crippen LogP contribution < -0.4 is 0 Å². The predicted molar refractivity (Wildman–Crippen MR) is 225 cm³/mol. The van der Waals surface area contributed by atoms with Crippen LogP contribution in [0.1, 0.15) is 0 Å². The maximum Gasteiger partial charge on any atom is 0.165 e. The predicted octanol–water partition coefficient (Wildman–Crippen LogP) is 13.3. The number of aromatic nitrogens is 3. The molecule has 1 aromatic heterocycles. The second-order valence-electron chi connectivity index (χ2n) is 13.6. The third-order valence-corrected chi connectivity index (χ3v) is 10.3. The van der Waals surface area contributed by atoms with Crippen LogP contribution in [0.3, 0.4) is 0 Å². The third-order valence-electron chi connectivity index (χ3n) is 10.3. The van der Waals surface area contributed by atoms with Crippen molar-refractivity contribution in [2.45, 2.75) is 0 Å². The standard InChI is InChI=1S/C51H33N3/c1-3-13-35(14-4-1)47-30-29-36-16-8-10-23-46(36)48(47)51-53-49(37-17-5-2-6-18-37)52-50(54-51)43-21-11-20-38(33-43)39-25-26-41-32-42(28-27-40(41)31-39)45-24-12-19-34-15-7-9-22-44(34)45/h1-33H. The topological polar surface area (TPSA) is 38.7 Å². The maximum atomic E-state index is 5.26. The summed E-state index contributed by atoms with van der Waals surface area (Å²) in [7, 11) is 0. The molecule has 0 atom stereocenters. The van der Waals surface area contributed by atoms with Crippen LogP contribution in [0, 0.1) is 0 Å². The van der Waals surface area contributed by atoms with Crippen molar-refractivity contribution >= 4 is 32.3 Å². The molecule has 9 aromatic carbocycles. The Kier molecular flexibility index (Phi) is 7.81. The van der Waals surface area contributed by atoms with Crippen LogP contribution in [0.2, 0.25) is 0 Å². The van der Waals surface area contributed by atoms with Gasteiger partial charge in [0.1, 0.15) is 0 Å². The van der Waals surface area contributed by atoms with Crippen LogP contribution in [-0.2, 0) is 0 Å². The van der Waals surface area contributed by atoms with Gasteiger partial charge in [0.2, 0.25) is 0 Å². The van der Waals surface area contributed by atoms with Crippen LogP contribution in [0.15, 0.2) is 200 Å². The van der Waals surface area contributed by atoms with E-state index >= 15 is 0 Å². The van der Waals surface area contributed by atoms with Crippen molar-refractivity contribution in [2.75, 3.05) is 0 Å². The first kappa shape index (κ1) is 31.5. The highest BCUT2D eigenvalue weighted by Gasteiger charge is 2.19. The second-order valence-corrected chi connectivity index (χ2v) is 13.6. The molecule has 0 amide bonds. The van der Waals surface area contributed by atoms with Crippen molar-refractivity contribution in [2.24, 2.45) is 0 Å². The van der Waals surface area contributed by atoms with E-state index in [0.717, 1.165) is 49.7 Å². The van der Waals surface area contributed by atoms with Gasteiger partial charge in [-0.1, -0.05) is 182 Å². The minimum atomic E-state index is 0.633. The molecule has 10 rings (SSSR count). The van der Waals surface area contributed by atoms with Crippen molar-refractivity contribution in [1.82, 2.24) is 15.0 Å². The Hall–Kier alpha value is -7.23. The summed E-state index contributed by atoms with van der Waals surface area (Å²) in [6, 6.07) is 70.6. The van der Waals surface area contributed by atoms with E-state index in [1.807, 2.05) is 24.3 Å².